The molecular weight excluding hydrogens is 573 g/mol. The summed E-state index contributed by atoms with van der Waals surface area (Å²) in [4.78, 5) is 11.2. The van der Waals surface area contributed by atoms with E-state index in [0.29, 0.717) is 55.4 Å². The van der Waals surface area contributed by atoms with E-state index in [4.69, 9.17) is 14.2 Å². The zero-order valence-corrected chi connectivity index (χ0v) is 25.4. The Balaban J connectivity index is 1.23. The van der Waals surface area contributed by atoms with Gasteiger partial charge < -0.3 is 19.3 Å². The Morgan fingerprint density at radius 3 is 2.56 bits per heavy atom. The van der Waals surface area contributed by atoms with Gasteiger partial charge in [-0.3, -0.25) is 4.79 Å². The van der Waals surface area contributed by atoms with Gasteiger partial charge in [0, 0.05) is 29.7 Å². The predicted octanol–water partition coefficient (Wildman–Crippen LogP) is 5.93. The number of aliphatic carboxylic acids is 1. The molecule has 1 aliphatic carbocycles. The second-order valence-corrected chi connectivity index (χ2v) is 13.9. The Bertz CT molecular complexity index is 1670. The second kappa shape index (κ2) is 11.5. The minimum Gasteiger partial charge on any atom is -0.492 e. The molecule has 3 aliphatic rings. The molecule has 2 aliphatic heterocycles. The molecule has 0 bridgehead atoms. The Morgan fingerprint density at radius 1 is 1.07 bits per heavy atom. The molecule has 8 nitrogen and oxygen atoms in total. The normalized spacial score (nSPS) is 21.6. The summed E-state index contributed by atoms with van der Waals surface area (Å²) in [5.74, 6) is 0.507. The summed E-state index contributed by atoms with van der Waals surface area (Å²) < 4.78 is 59.2. The Morgan fingerprint density at radius 2 is 1.84 bits per heavy atom. The van der Waals surface area contributed by atoms with Crippen LogP contribution >= 0.6 is 0 Å². The van der Waals surface area contributed by atoms with Gasteiger partial charge in [-0.15, -0.1) is 0 Å². The van der Waals surface area contributed by atoms with E-state index in [1.165, 1.54) is 16.6 Å². The fourth-order valence-electron chi connectivity index (χ4n) is 6.81. The summed E-state index contributed by atoms with van der Waals surface area (Å²) in [7, 11) is -3.27. The summed E-state index contributed by atoms with van der Waals surface area (Å²) in [6.07, 6.45) is 3.39. The van der Waals surface area contributed by atoms with E-state index in [1.54, 1.807) is 12.1 Å². The largest absolute Gasteiger partial charge is 0.492 e. The van der Waals surface area contributed by atoms with Crippen LogP contribution in [0.2, 0.25) is 0 Å². The van der Waals surface area contributed by atoms with Crippen LogP contribution in [0.3, 0.4) is 0 Å². The van der Waals surface area contributed by atoms with Crippen LogP contribution < -0.4 is 14.2 Å². The van der Waals surface area contributed by atoms with Gasteiger partial charge in [0.25, 0.3) is 0 Å². The summed E-state index contributed by atoms with van der Waals surface area (Å²) >= 11 is 0. The first-order chi connectivity index (χ1) is 20.5. The molecule has 2 heterocycles. The van der Waals surface area contributed by atoms with Crippen molar-refractivity contribution in [2.24, 2.45) is 0 Å². The van der Waals surface area contributed by atoms with Crippen molar-refractivity contribution < 1.29 is 36.9 Å². The summed E-state index contributed by atoms with van der Waals surface area (Å²) in [6.45, 7) is 5.20. The lowest BCUT2D eigenvalue weighted by Crippen LogP contribution is -2.43. The molecular formula is C33H36FNO7S. The van der Waals surface area contributed by atoms with Gasteiger partial charge in [0.15, 0.2) is 0 Å². The molecule has 0 saturated carbocycles. The van der Waals surface area contributed by atoms with Gasteiger partial charge >= 0.3 is 5.97 Å². The number of sulfonamides is 1. The lowest BCUT2D eigenvalue weighted by Gasteiger charge is -2.31. The molecule has 3 aromatic carbocycles. The van der Waals surface area contributed by atoms with E-state index in [9.17, 15) is 18.3 Å². The maximum absolute atomic E-state index is 15.3. The third kappa shape index (κ3) is 5.95. The number of rotatable bonds is 8. The lowest BCUT2D eigenvalue weighted by atomic mass is 9.90. The first-order valence-corrected chi connectivity index (χ1v) is 16.5. The Labute approximate surface area is 251 Å². The first kappa shape index (κ1) is 29.4. The van der Waals surface area contributed by atoms with Crippen molar-refractivity contribution in [2.45, 2.75) is 64.1 Å². The smallest absolute Gasteiger partial charge is 0.304 e. The van der Waals surface area contributed by atoms with Crippen molar-refractivity contribution in [2.75, 3.05) is 26.0 Å². The van der Waals surface area contributed by atoms with Crippen LogP contribution in [-0.4, -0.2) is 55.9 Å². The van der Waals surface area contributed by atoms with Crippen molar-refractivity contribution in [3.8, 4) is 28.4 Å². The number of ether oxygens (including phenoxy) is 3. The molecule has 0 spiro atoms. The van der Waals surface area contributed by atoms with Crippen molar-refractivity contribution in [1.29, 1.82) is 0 Å². The highest BCUT2D eigenvalue weighted by molar-refractivity contribution is 7.88. The van der Waals surface area contributed by atoms with Crippen LogP contribution in [-0.2, 0) is 21.2 Å². The van der Waals surface area contributed by atoms with E-state index >= 15 is 4.39 Å². The maximum atomic E-state index is 15.3. The highest BCUT2D eigenvalue weighted by atomic mass is 32.2. The number of carbonyl (C=O) groups is 1. The molecule has 10 heteroatoms. The van der Waals surface area contributed by atoms with E-state index in [0.717, 1.165) is 46.2 Å². The molecule has 1 saturated heterocycles. The number of carboxylic acid groups (broad SMARTS) is 1. The SMILES string of the molecule is Cc1cc(O[C@@H]2CCCN(S(C)(=O)=O)C2)cc(C)c1-c1ccc(F)c2c1CC[C@H]2Oc1ccc2c(c1)OCC2CC(=O)O. The fourth-order valence-corrected chi connectivity index (χ4v) is 7.71. The van der Waals surface area contributed by atoms with Gasteiger partial charge in [-0.1, -0.05) is 12.1 Å². The average Bonchev–Trinajstić information content (AvgIpc) is 3.53. The number of halogens is 1. The van der Waals surface area contributed by atoms with E-state index in [2.05, 4.69) is 0 Å². The number of hydrogen-bond donors (Lipinski definition) is 1. The molecule has 3 aromatic rings. The average molecular weight is 610 g/mol. The van der Waals surface area contributed by atoms with Crippen LogP contribution in [0.15, 0.2) is 42.5 Å². The second-order valence-electron chi connectivity index (χ2n) is 11.9. The lowest BCUT2D eigenvalue weighted by molar-refractivity contribution is -0.137. The van der Waals surface area contributed by atoms with Crippen LogP contribution in [0, 0.1) is 19.7 Å². The third-order valence-corrected chi connectivity index (χ3v) is 10.0. The van der Waals surface area contributed by atoms with Crippen LogP contribution in [0.4, 0.5) is 4.39 Å². The van der Waals surface area contributed by atoms with Gasteiger partial charge in [-0.2, -0.15) is 4.31 Å². The zero-order valence-electron chi connectivity index (χ0n) is 24.6. The fraction of sp³-hybridized carbons (Fsp3) is 0.424. The number of hydrogen-bond acceptors (Lipinski definition) is 6. The molecule has 1 fully saturated rings. The Hall–Kier alpha value is -3.63. The highest BCUT2D eigenvalue weighted by Crippen LogP contribution is 2.45. The van der Waals surface area contributed by atoms with Gasteiger partial charge in [-0.25, -0.2) is 12.8 Å². The summed E-state index contributed by atoms with van der Waals surface area (Å²) in [6, 6.07) is 12.7. The molecule has 228 valence electrons. The number of nitrogens with zero attached hydrogens (tertiary/aromatic N) is 1. The number of benzene rings is 3. The van der Waals surface area contributed by atoms with Gasteiger partial charge in [0.2, 0.25) is 10.0 Å². The molecule has 0 amide bonds. The van der Waals surface area contributed by atoms with Crippen molar-refractivity contribution in [3.05, 3.63) is 76.1 Å². The van der Waals surface area contributed by atoms with Crippen LogP contribution in [0.1, 0.15) is 65.5 Å². The zero-order chi connectivity index (χ0) is 30.5. The van der Waals surface area contributed by atoms with Gasteiger partial charge in [-0.05, 0) is 91.6 Å². The maximum Gasteiger partial charge on any atom is 0.304 e. The standard InChI is InChI=1S/C33H36FNO7S/c1-19-13-24(41-23-5-4-12-35(17-23)43(3,38)39)14-20(2)32(19)26-8-10-28(34)33-27(26)9-11-29(33)42-22-6-7-25-21(15-31(36)37)18-40-30(25)16-22/h6-8,10,13-14,16,21,23,29H,4-5,9,11-12,15,17-18H2,1-3H3,(H,36,37)/t21?,23-,29-/m1/s1. The van der Waals surface area contributed by atoms with Gasteiger partial charge in [0.1, 0.15) is 35.3 Å². The number of fused-ring (bicyclic) bond motifs is 2. The molecule has 43 heavy (non-hydrogen) atoms. The number of piperidine rings is 1. The third-order valence-electron chi connectivity index (χ3n) is 8.73. The highest BCUT2D eigenvalue weighted by Gasteiger charge is 2.33. The monoisotopic (exact) mass is 609 g/mol. The number of carboxylic acids is 1. The predicted molar refractivity (Wildman–Crippen MR) is 160 cm³/mol. The van der Waals surface area contributed by atoms with E-state index < -0.39 is 22.1 Å². The number of aryl methyl sites for hydroxylation is 2. The van der Waals surface area contributed by atoms with Crippen molar-refractivity contribution in [3.63, 3.8) is 0 Å². The molecule has 1 unspecified atom stereocenters. The van der Waals surface area contributed by atoms with Gasteiger partial charge in [0.05, 0.1) is 25.8 Å². The summed E-state index contributed by atoms with van der Waals surface area (Å²) in [5, 5.41) is 9.17. The molecule has 0 radical (unpaired) electrons. The van der Waals surface area contributed by atoms with Crippen molar-refractivity contribution in [1.82, 2.24) is 4.31 Å². The minimum absolute atomic E-state index is 0.00546. The molecule has 0 aromatic heterocycles. The molecule has 1 N–H and O–H groups in total. The quantitative estimate of drug-likeness (QED) is 0.338. The minimum atomic E-state index is -3.27. The molecule has 3 atom stereocenters. The molecule has 6 rings (SSSR count). The van der Waals surface area contributed by atoms with Crippen LogP contribution in [0.25, 0.3) is 11.1 Å². The van der Waals surface area contributed by atoms with Crippen molar-refractivity contribution >= 4 is 16.0 Å². The summed E-state index contributed by atoms with van der Waals surface area (Å²) in [5.41, 5.74) is 6.33. The Kier molecular flexibility index (Phi) is 7.85. The van der Waals surface area contributed by atoms with E-state index in [1.807, 2.05) is 38.1 Å². The first-order valence-electron chi connectivity index (χ1n) is 14.7. The topological polar surface area (TPSA) is 102 Å². The van der Waals surface area contributed by atoms with E-state index in [-0.39, 0.29) is 24.3 Å². The van der Waals surface area contributed by atoms with Crippen LogP contribution in [0.5, 0.6) is 17.2 Å².